The lowest BCUT2D eigenvalue weighted by atomic mass is 9.89. The lowest BCUT2D eigenvalue weighted by Crippen LogP contribution is -2.42. The fourth-order valence-electron chi connectivity index (χ4n) is 2.75. The van der Waals surface area contributed by atoms with Crippen LogP contribution in [0.3, 0.4) is 0 Å². The first kappa shape index (κ1) is 15.9. The normalized spacial score (nSPS) is 20.9. The van der Waals surface area contributed by atoms with Gasteiger partial charge in [0.15, 0.2) is 0 Å². The van der Waals surface area contributed by atoms with E-state index in [0.717, 1.165) is 49.1 Å². The van der Waals surface area contributed by atoms with Gasteiger partial charge in [-0.25, -0.2) is 4.39 Å². The zero-order valence-corrected chi connectivity index (χ0v) is 13.6. The van der Waals surface area contributed by atoms with E-state index in [0.29, 0.717) is 12.0 Å². The van der Waals surface area contributed by atoms with Crippen LogP contribution in [-0.4, -0.2) is 25.8 Å². The van der Waals surface area contributed by atoms with Gasteiger partial charge in [0.1, 0.15) is 5.82 Å². The Labute approximate surface area is 129 Å². The van der Waals surface area contributed by atoms with Crippen LogP contribution in [0.15, 0.2) is 22.7 Å². The van der Waals surface area contributed by atoms with Gasteiger partial charge in [-0.2, -0.15) is 0 Å². The zero-order chi connectivity index (χ0) is 14.4. The predicted octanol–water partition coefficient (Wildman–Crippen LogP) is 3.93. The highest BCUT2D eigenvalue weighted by molar-refractivity contribution is 9.10. The number of ether oxygens (including phenoxy) is 1. The van der Waals surface area contributed by atoms with Gasteiger partial charge in [-0.15, -0.1) is 0 Å². The molecule has 1 aromatic rings. The van der Waals surface area contributed by atoms with Gasteiger partial charge >= 0.3 is 0 Å². The topological polar surface area (TPSA) is 21.3 Å². The lowest BCUT2D eigenvalue weighted by molar-refractivity contribution is 0.0393. The molecule has 2 atom stereocenters. The second-order valence-electron chi connectivity index (χ2n) is 5.48. The Morgan fingerprint density at radius 2 is 2.35 bits per heavy atom. The minimum absolute atomic E-state index is 0.169. The van der Waals surface area contributed by atoms with E-state index in [2.05, 4.69) is 28.2 Å². The Hall–Kier alpha value is -0.450. The Balaban J connectivity index is 2.07. The largest absolute Gasteiger partial charge is 0.381 e. The van der Waals surface area contributed by atoms with Crippen molar-refractivity contribution in [2.75, 3.05) is 19.8 Å². The van der Waals surface area contributed by atoms with E-state index in [1.807, 2.05) is 0 Å². The molecular formula is C16H23BrFNO. The summed E-state index contributed by atoms with van der Waals surface area (Å²) in [5.74, 6) is 0.350. The van der Waals surface area contributed by atoms with Gasteiger partial charge in [-0.1, -0.05) is 22.9 Å². The van der Waals surface area contributed by atoms with Crippen LogP contribution in [0.1, 0.15) is 31.7 Å². The zero-order valence-electron chi connectivity index (χ0n) is 12.0. The fraction of sp³-hybridized carbons (Fsp3) is 0.625. The Bertz CT molecular complexity index is 421. The van der Waals surface area contributed by atoms with Crippen LogP contribution in [0.4, 0.5) is 4.39 Å². The molecule has 1 N–H and O–H groups in total. The second kappa shape index (κ2) is 8.11. The van der Waals surface area contributed by atoms with E-state index in [1.54, 1.807) is 12.1 Å². The highest BCUT2D eigenvalue weighted by Gasteiger charge is 2.24. The van der Waals surface area contributed by atoms with Gasteiger partial charge in [0.25, 0.3) is 0 Å². The Morgan fingerprint density at radius 3 is 3.05 bits per heavy atom. The van der Waals surface area contributed by atoms with Crippen LogP contribution < -0.4 is 5.32 Å². The van der Waals surface area contributed by atoms with Crippen molar-refractivity contribution in [1.29, 1.82) is 0 Å². The first-order valence-corrected chi connectivity index (χ1v) is 8.25. The van der Waals surface area contributed by atoms with E-state index < -0.39 is 0 Å². The van der Waals surface area contributed by atoms with Gasteiger partial charge in [0, 0.05) is 17.1 Å². The Morgan fingerprint density at radius 1 is 1.50 bits per heavy atom. The molecule has 1 heterocycles. The fourth-order valence-corrected chi connectivity index (χ4v) is 3.16. The molecule has 0 aromatic heterocycles. The number of halogens is 2. The first-order valence-electron chi connectivity index (χ1n) is 7.45. The lowest BCUT2D eigenvalue weighted by Gasteiger charge is -2.31. The number of benzene rings is 1. The number of hydrogen-bond donors (Lipinski definition) is 1. The maximum absolute atomic E-state index is 13.4. The quantitative estimate of drug-likeness (QED) is 0.844. The van der Waals surface area contributed by atoms with Crippen LogP contribution in [-0.2, 0) is 11.2 Å². The van der Waals surface area contributed by atoms with Crippen LogP contribution in [0.25, 0.3) is 0 Å². The molecule has 1 aliphatic rings. The third kappa shape index (κ3) is 4.54. The number of rotatable bonds is 6. The molecule has 1 saturated heterocycles. The smallest absolute Gasteiger partial charge is 0.123 e. The molecule has 0 saturated carbocycles. The summed E-state index contributed by atoms with van der Waals surface area (Å²) in [7, 11) is 0. The van der Waals surface area contributed by atoms with Crippen molar-refractivity contribution >= 4 is 15.9 Å². The first-order chi connectivity index (χ1) is 9.70. The summed E-state index contributed by atoms with van der Waals surface area (Å²) in [6, 6.07) is 5.27. The molecule has 0 radical (unpaired) electrons. The maximum Gasteiger partial charge on any atom is 0.123 e. The molecule has 1 aliphatic heterocycles. The molecule has 20 heavy (non-hydrogen) atoms. The molecule has 1 fully saturated rings. The molecule has 2 rings (SSSR count). The summed E-state index contributed by atoms with van der Waals surface area (Å²) in [5.41, 5.74) is 1.03. The molecule has 2 nitrogen and oxygen atoms in total. The van der Waals surface area contributed by atoms with Crippen molar-refractivity contribution in [2.24, 2.45) is 5.92 Å². The SMILES string of the molecule is CCCNC(Cc1cc(F)ccc1Br)C1CCCOC1. The minimum atomic E-state index is -0.169. The molecule has 0 amide bonds. The van der Waals surface area contributed by atoms with Crippen LogP contribution in [0.2, 0.25) is 0 Å². The van der Waals surface area contributed by atoms with E-state index in [9.17, 15) is 4.39 Å². The van der Waals surface area contributed by atoms with Gasteiger partial charge in [-0.05, 0) is 61.9 Å². The molecular weight excluding hydrogens is 321 g/mol. The average molecular weight is 344 g/mol. The highest BCUT2D eigenvalue weighted by Crippen LogP contribution is 2.24. The van der Waals surface area contributed by atoms with E-state index in [-0.39, 0.29) is 5.82 Å². The van der Waals surface area contributed by atoms with Crippen LogP contribution in [0.5, 0.6) is 0 Å². The summed E-state index contributed by atoms with van der Waals surface area (Å²) in [4.78, 5) is 0. The van der Waals surface area contributed by atoms with Gasteiger partial charge in [0.2, 0.25) is 0 Å². The Kier molecular flexibility index (Phi) is 6.46. The summed E-state index contributed by atoms with van der Waals surface area (Å²) >= 11 is 3.53. The van der Waals surface area contributed by atoms with E-state index >= 15 is 0 Å². The van der Waals surface area contributed by atoms with Crippen LogP contribution in [0, 0.1) is 11.7 Å². The van der Waals surface area contributed by atoms with Gasteiger partial charge in [0.05, 0.1) is 6.61 Å². The predicted molar refractivity (Wildman–Crippen MR) is 83.4 cm³/mol. The molecule has 0 spiro atoms. The summed E-state index contributed by atoms with van der Waals surface area (Å²) in [6.45, 7) is 4.85. The molecule has 2 unspecified atom stereocenters. The number of nitrogens with one attached hydrogen (secondary N) is 1. The molecule has 0 bridgehead atoms. The molecule has 112 valence electrons. The average Bonchev–Trinajstić information content (AvgIpc) is 2.48. The van der Waals surface area contributed by atoms with Gasteiger partial charge < -0.3 is 10.1 Å². The third-order valence-electron chi connectivity index (χ3n) is 3.87. The second-order valence-corrected chi connectivity index (χ2v) is 6.33. The van der Waals surface area contributed by atoms with Gasteiger partial charge in [-0.3, -0.25) is 0 Å². The standard InChI is InChI=1S/C16H23BrFNO/c1-2-7-19-16(12-4-3-8-20-11-12)10-13-9-14(18)5-6-15(13)17/h5-6,9,12,16,19H,2-4,7-8,10-11H2,1H3. The van der Waals surface area contributed by atoms with Crippen LogP contribution >= 0.6 is 15.9 Å². The van der Waals surface area contributed by atoms with E-state index in [1.165, 1.54) is 12.5 Å². The number of hydrogen-bond acceptors (Lipinski definition) is 2. The van der Waals surface area contributed by atoms with Crippen molar-refractivity contribution in [3.8, 4) is 0 Å². The van der Waals surface area contributed by atoms with Crippen molar-refractivity contribution < 1.29 is 9.13 Å². The maximum atomic E-state index is 13.4. The molecule has 1 aromatic carbocycles. The molecule has 0 aliphatic carbocycles. The third-order valence-corrected chi connectivity index (χ3v) is 4.64. The molecule has 4 heteroatoms. The van der Waals surface area contributed by atoms with Crippen molar-refractivity contribution in [1.82, 2.24) is 5.32 Å². The summed E-state index contributed by atoms with van der Waals surface area (Å²) in [6.07, 6.45) is 4.26. The highest BCUT2D eigenvalue weighted by atomic mass is 79.9. The van der Waals surface area contributed by atoms with Crippen molar-refractivity contribution in [2.45, 2.75) is 38.6 Å². The monoisotopic (exact) mass is 343 g/mol. The summed E-state index contributed by atoms with van der Waals surface area (Å²) in [5, 5.41) is 3.61. The minimum Gasteiger partial charge on any atom is -0.381 e. The van der Waals surface area contributed by atoms with E-state index in [4.69, 9.17) is 4.74 Å². The summed E-state index contributed by atoms with van der Waals surface area (Å²) < 4.78 is 20.0. The van der Waals surface area contributed by atoms with Crippen molar-refractivity contribution in [3.63, 3.8) is 0 Å². The van der Waals surface area contributed by atoms with Crippen molar-refractivity contribution in [3.05, 3.63) is 34.1 Å².